The molecule has 2 N–H and O–H groups in total. The predicted molar refractivity (Wildman–Crippen MR) is 81.6 cm³/mol. The van der Waals surface area contributed by atoms with Crippen molar-refractivity contribution in [3.05, 3.63) is 34.9 Å². The molecule has 0 heterocycles. The highest BCUT2D eigenvalue weighted by atomic mass is 35.5. The quantitative estimate of drug-likeness (QED) is 0.801. The van der Waals surface area contributed by atoms with Crippen molar-refractivity contribution in [2.45, 2.75) is 52.2 Å². The zero-order valence-corrected chi connectivity index (χ0v) is 13.3. The van der Waals surface area contributed by atoms with Crippen molar-refractivity contribution in [1.82, 2.24) is 10.9 Å². The highest BCUT2D eigenvalue weighted by Gasteiger charge is 2.17. The van der Waals surface area contributed by atoms with E-state index in [9.17, 15) is 4.79 Å². The standard InChI is InChI=1S/C15H23ClN2O2/c1-5-6-13(11-7-9-12(16)10-8-11)17-18-14(19)20-15(2,3)4/h7-10,13,17H,5-6H2,1-4H3,(H,18,19). The zero-order chi connectivity index (χ0) is 15.2. The second-order valence-corrected chi connectivity index (χ2v) is 6.10. The fourth-order valence-corrected chi connectivity index (χ4v) is 1.88. The molecule has 1 atom stereocenters. The van der Waals surface area contributed by atoms with Gasteiger partial charge < -0.3 is 4.74 Å². The average Bonchev–Trinajstić information content (AvgIpc) is 2.33. The van der Waals surface area contributed by atoms with Crippen LogP contribution in [0.4, 0.5) is 4.79 Å². The first-order valence-corrected chi connectivity index (χ1v) is 7.19. The number of carbonyl (C=O) groups is 1. The first kappa shape index (κ1) is 16.8. The van der Waals surface area contributed by atoms with Gasteiger partial charge in [-0.3, -0.25) is 5.43 Å². The highest BCUT2D eigenvalue weighted by Crippen LogP contribution is 2.20. The molecule has 0 aliphatic rings. The molecule has 0 aromatic heterocycles. The van der Waals surface area contributed by atoms with Crippen molar-refractivity contribution < 1.29 is 9.53 Å². The van der Waals surface area contributed by atoms with Crippen molar-refractivity contribution in [2.24, 2.45) is 0 Å². The number of rotatable bonds is 5. The maximum absolute atomic E-state index is 11.6. The molecule has 0 radical (unpaired) electrons. The molecule has 1 aromatic carbocycles. The summed E-state index contributed by atoms with van der Waals surface area (Å²) in [6, 6.07) is 7.62. The summed E-state index contributed by atoms with van der Waals surface area (Å²) in [6.45, 7) is 7.58. The van der Waals surface area contributed by atoms with Crippen molar-refractivity contribution in [3.8, 4) is 0 Å². The van der Waals surface area contributed by atoms with Gasteiger partial charge in [-0.05, 0) is 44.9 Å². The molecule has 4 nitrogen and oxygen atoms in total. The average molecular weight is 299 g/mol. The number of hydrogen-bond acceptors (Lipinski definition) is 3. The van der Waals surface area contributed by atoms with E-state index in [2.05, 4.69) is 17.8 Å². The molecule has 0 aliphatic carbocycles. The SMILES string of the molecule is CCCC(NNC(=O)OC(C)(C)C)c1ccc(Cl)cc1. The Labute approximate surface area is 125 Å². The largest absolute Gasteiger partial charge is 0.443 e. The topological polar surface area (TPSA) is 50.4 Å². The molecule has 1 aromatic rings. The highest BCUT2D eigenvalue weighted by molar-refractivity contribution is 6.30. The van der Waals surface area contributed by atoms with Crippen molar-refractivity contribution in [3.63, 3.8) is 0 Å². The zero-order valence-electron chi connectivity index (χ0n) is 12.5. The Bertz CT molecular complexity index is 426. The number of halogens is 1. The van der Waals surface area contributed by atoms with Crippen molar-refractivity contribution in [1.29, 1.82) is 0 Å². The van der Waals surface area contributed by atoms with E-state index in [1.165, 1.54) is 0 Å². The van der Waals surface area contributed by atoms with Crippen LogP contribution in [0, 0.1) is 0 Å². The van der Waals surface area contributed by atoms with E-state index in [-0.39, 0.29) is 6.04 Å². The van der Waals surface area contributed by atoms with Crippen LogP contribution in [0.3, 0.4) is 0 Å². The monoisotopic (exact) mass is 298 g/mol. The summed E-state index contributed by atoms with van der Waals surface area (Å²) in [7, 11) is 0. The van der Waals surface area contributed by atoms with Gasteiger partial charge in [-0.2, -0.15) is 0 Å². The first-order chi connectivity index (χ1) is 9.31. The van der Waals surface area contributed by atoms with E-state index in [4.69, 9.17) is 16.3 Å². The van der Waals surface area contributed by atoms with Gasteiger partial charge in [-0.25, -0.2) is 10.2 Å². The molecule has 1 rings (SSSR count). The van der Waals surface area contributed by atoms with Crippen molar-refractivity contribution in [2.75, 3.05) is 0 Å². The van der Waals surface area contributed by atoms with Gasteiger partial charge in [0.15, 0.2) is 0 Å². The number of hydrazine groups is 1. The second-order valence-electron chi connectivity index (χ2n) is 5.66. The van der Waals surface area contributed by atoms with Gasteiger partial charge in [-0.1, -0.05) is 37.1 Å². The lowest BCUT2D eigenvalue weighted by Crippen LogP contribution is -2.43. The van der Waals surface area contributed by atoms with Crippen LogP contribution in [0.15, 0.2) is 24.3 Å². The van der Waals surface area contributed by atoms with Crippen LogP contribution in [0.25, 0.3) is 0 Å². The van der Waals surface area contributed by atoms with Crippen molar-refractivity contribution >= 4 is 17.7 Å². The molecular formula is C15H23ClN2O2. The summed E-state index contributed by atoms with van der Waals surface area (Å²) in [5, 5.41) is 0.698. The van der Waals surface area contributed by atoms with Gasteiger partial charge in [0.1, 0.15) is 5.60 Å². The molecule has 112 valence electrons. The van der Waals surface area contributed by atoms with Crippen LogP contribution in [0.5, 0.6) is 0 Å². The van der Waals surface area contributed by atoms with Gasteiger partial charge in [0.2, 0.25) is 0 Å². The summed E-state index contributed by atoms with van der Waals surface area (Å²) in [4.78, 5) is 11.6. The third-order valence-electron chi connectivity index (χ3n) is 2.60. The lowest BCUT2D eigenvalue weighted by Gasteiger charge is -2.23. The van der Waals surface area contributed by atoms with Crippen LogP contribution in [0.2, 0.25) is 5.02 Å². The lowest BCUT2D eigenvalue weighted by atomic mass is 10.0. The molecule has 20 heavy (non-hydrogen) atoms. The molecule has 1 unspecified atom stereocenters. The fraction of sp³-hybridized carbons (Fsp3) is 0.533. The maximum Gasteiger partial charge on any atom is 0.422 e. The minimum absolute atomic E-state index is 0.0322. The van der Waals surface area contributed by atoms with Gasteiger partial charge in [-0.15, -0.1) is 0 Å². The van der Waals surface area contributed by atoms with Gasteiger partial charge in [0.25, 0.3) is 0 Å². The second kappa shape index (κ2) is 7.50. The third-order valence-corrected chi connectivity index (χ3v) is 2.85. The van der Waals surface area contributed by atoms with E-state index in [0.717, 1.165) is 18.4 Å². The molecule has 1 amide bonds. The Morgan fingerprint density at radius 2 is 1.90 bits per heavy atom. The first-order valence-electron chi connectivity index (χ1n) is 6.82. The van der Waals surface area contributed by atoms with Gasteiger partial charge >= 0.3 is 6.09 Å². The Hall–Kier alpha value is -1.26. The van der Waals surface area contributed by atoms with Crippen LogP contribution in [-0.2, 0) is 4.74 Å². The number of benzene rings is 1. The summed E-state index contributed by atoms with van der Waals surface area (Å²) in [5.74, 6) is 0. The number of nitrogens with one attached hydrogen (secondary N) is 2. The third kappa shape index (κ3) is 6.26. The molecule has 0 saturated carbocycles. The smallest absolute Gasteiger partial charge is 0.422 e. The predicted octanol–water partition coefficient (Wildman–Crippen LogP) is 4.21. The summed E-state index contributed by atoms with van der Waals surface area (Å²) < 4.78 is 5.19. The lowest BCUT2D eigenvalue weighted by molar-refractivity contribution is 0.0486. The summed E-state index contributed by atoms with van der Waals surface area (Å²) >= 11 is 5.88. The van der Waals surface area contributed by atoms with Gasteiger partial charge in [0.05, 0.1) is 6.04 Å². The molecule has 0 aliphatic heterocycles. The minimum atomic E-state index is -0.508. The molecule has 0 spiro atoms. The Balaban J connectivity index is 2.59. The van der Waals surface area contributed by atoms with E-state index < -0.39 is 11.7 Å². The number of carbonyl (C=O) groups excluding carboxylic acids is 1. The van der Waals surface area contributed by atoms with Gasteiger partial charge in [0, 0.05) is 5.02 Å². The molecule has 0 fully saturated rings. The normalized spacial score (nSPS) is 12.8. The molecule has 0 bridgehead atoms. The maximum atomic E-state index is 11.6. The fourth-order valence-electron chi connectivity index (χ4n) is 1.76. The molecule has 5 heteroatoms. The Morgan fingerprint density at radius 3 is 2.40 bits per heavy atom. The number of hydrogen-bond donors (Lipinski definition) is 2. The van der Waals surface area contributed by atoms with Crippen LogP contribution in [-0.4, -0.2) is 11.7 Å². The molecule has 0 saturated heterocycles. The number of ether oxygens (including phenoxy) is 1. The van der Waals surface area contributed by atoms with Crippen LogP contribution < -0.4 is 10.9 Å². The van der Waals surface area contributed by atoms with Crippen LogP contribution >= 0.6 is 11.6 Å². The van der Waals surface area contributed by atoms with E-state index in [0.29, 0.717) is 5.02 Å². The van der Waals surface area contributed by atoms with E-state index in [1.807, 2.05) is 45.0 Å². The molecular weight excluding hydrogens is 276 g/mol. The summed E-state index contributed by atoms with van der Waals surface area (Å²) in [5.41, 5.74) is 6.17. The Morgan fingerprint density at radius 1 is 1.30 bits per heavy atom. The number of amides is 1. The van der Waals surface area contributed by atoms with Crippen LogP contribution in [0.1, 0.15) is 52.1 Å². The van der Waals surface area contributed by atoms with E-state index in [1.54, 1.807) is 0 Å². The minimum Gasteiger partial charge on any atom is -0.443 e. The van der Waals surface area contributed by atoms with E-state index >= 15 is 0 Å². The summed E-state index contributed by atoms with van der Waals surface area (Å²) in [6.07, 6.45) is 1.42. The Kier molecular flexibility index (Phi) is 6.30.